The Morgan fingerprint density at radius 1 is 1.40 bits per heavy atom. The van der Waals surface area contributed by atoms with Crippen molar-refractivity contribution < 1.29 is 9.63 Å². The molecule has 1 rings (SSSR count). The van der Waals surface area contributed by atoms with Crippen molar-refractivity contribution in [2.45, 2.75) is 27.7 Å². The summed E-state index contributed by atoms with van der Waals surface area (Å²) in [5.41, 5.74) is 2.40. The van der Waals surface area contributed by atoms with E-state index in [-0.39, 0.29) is 11.7 Å². The lowest BCUT2D eigenvalue weighted by atomic mass is 9.90. The fourth-order valence-electron chi connectivity index (χ4n) is 1.37. The number of carbonyl (C=O) groups is 1. The van der Waals surface area contributed by atoms with Gasteiger partial charge in [0.15, 0.2) is 5.78 Å². The summed E-state index contributed by atoms with van der Waals surface area (Å²) in [5, 5.41) is 3.97. The average Bonchev–Trinajstić information content (AvgIpc) is 2.16. The fourth-order valence-corrected chi connectivity index (χ4v) is 1.37. The van der Waals surface area contributed by atoms with Gasteiger partial charge in [0.2, 0.25) is 0 Å². The van der Waals surface area contributed by atoms with Crippen molar-refractivity contribution in [2.75, 3.05) is 6.61 Å². The Morgan fingerprint density at radius 2 is 2.07 bits per heavy atom. The second-order valence-corrected chi connectivity index (χ2v) is 3.84. The monoisotopic (exact) mass is 207 g/mol. The van der Waals surface area contributed by atoms with E-state index in [4.69, 9.17) is 4.84 Å². The Morgan fingerprint density at radius 3 is 2.60 bits per heavy atom. The molecular weight excluding hydrogens is 190 g/mol. The van der Waals surface area contributed by atoms with Gasteiger partial charge in [0.25, 0.3) is 0 Å². The van der Waals surface area contributed by atoms with E-state index in [2.05, 4.69) is 5.16 Å². The minimum absolute atomic E-state index is 0.0814. The van der Waals surface area contributed by atoms with E-state index in [1.54, 1.807) is 6.08 Å². The van der Waals surface area contributed by atoms with Gasteiger partial charge in [-0.1, -0.05) is 19.0 Å². The summed E-state index contributed by atoms with van der Waals surface area (Å²) in [6.45, 7) is 8.27. The van der Waals surface area contributed by atoms with Crippen LogP contribution in [0.4, 0.5) is 0 Å². The first-order valence-electron chi connectivity index (χ1n) is 5.20. The number of hydrogen-bond acceptors (Lipinski definition) is 3. The van der Waals surface area contributed by atoms with Crippen molar-refractivity contribution in [1.82, 2.24) is 0 Å². The van der Waals surface area contributed by atoms with Gasteiger partial charge in [-0.3, -0.25) is 4.79 Å². The van der Waals surface area contributed by atoms with Crippen LogP contribution in [-0.2, 0) is 9.63 Å². The van der Waals surface area contributed by atoms with E-state index in [9.17, 15) is 4.79 Å². The van der Waals surface area contributed by atoms with E-state index in [0.29, 0.717) is 6.61 Å². The molecule has 0 fully saturated rings. The van der Waals surface area contributed by atoms with Crippen molar-refractivity contribution in [2.24, 2.45) is 11.1 Å². The molecule has 0 radical (unpaired) electrons. The molecule has 0 aliphatic heterocycles. The standard InChI is InChI=1S/C12H17NO2/c1-5-15-13-11-7-10(8(2)3)12(14)6-9(11)4/h6-8H,5H2,1-4H3. The van der Waals surface area contributed by atoms with Gasteiger partial charge in [-0.25, -0.2) is 0 Å². The van der Waals surface area contributed by atoms with Gasteiger partial charge in [-0.05, 0) is 37.5 Å². The van der Waals surface area contributed by atoms with Crippen LogP contribution >= 0.6 is 0 Å². The first-order valence-corrected chi connectivity index (χ1v) is 5.20. The number of nitrogens with zero attached hydrogens (tertiary/aromatic N) is 1. The lowest BCUT2D eigenvalue weighted by Gasteiger charge is -2.14. The second kappa shape index (κ2) is 4.91. The van der Waals surface area contributed by atoms with Crippen LogP contribution in [0.15, 0.2) is 28.5 Å². The molecule has 0 amide bonds. The molecule has 1 aliphatic rings. The Kier molecular flexibility index (Phi) is 3.83. The Bertz CT molecular complexity index is 349. The summed E-state index contributed by atoms with van der Waals surface area (Å²) in [5.74, 6) is 0.298. The second-order valence-electron chi connectivity index (χ2n) is 3.84. The number of oxime groups is 1. The van der Waals surface area contributed by atoms with Crippen LogP contribution < -0.4 is 0 Å². The van der Waals surface area contributed by atoms with Crippen LogP contribution in [0.1, 0.15) is 27.7 Å². The summed E-state index contributed by atoms with van der Waals surface area (Å²) in [6, 6.07) is 0. The van der Waals surface area contributed by atoms with Gasteiger partial charge in [0.05, 0.1) is 0 Å². The molecule has 0 spiro atoms. The fraction of sp³-hybridized carbons (Fsp3) is 0.500. The first-order chi connectivity index (χ1) is 7.06. The summed E-state index contributed by atoms with van der Waals surface area (Å²) in [7, 11) is 0. The zero-order chi connectivity index (χ0) is 11.4. The number of carbonyl (C=O) groups excluding carboxylic acids is 1. The van der Waals surface area contributed by atoms with Gasteiger partial charge in [0, 0.05) is 5.57 Å². The normalized spacial score (nSPS) is 19.3. The molecule has 0 unspecified atom stereocenters. The summed E-state index contributed by atoms with van der Waals surface area (Å²) >= 11 is 0. The van der Waals surface area contributed by atoms with Gasteiger partial charge < -0.3 is 4.84 Å². The van der Waals surface area contributed by atoms with Crippen molar-refractivity contribution in [3.8, 4) is 0 Å². The molecule has 0 aromatic heterocycles. The highest BCUT2D eigenvalue weighted by atomic mass is 16.6. The molecule has 82 valence electrons. The number of hydrogen-bond donors (Lipinski definition) is 0. The van der Waals surface area contributed by atoms with E-state index in [0.717, 1.165) is 16.9 Å². The minimum Gasteiger partial charge on any atom is -0.396 e. The van der Waals surface area contributed by atoms with E-state index < -0.39 is 0 Å². The van der Waals surface area contributed by atoms with Gasteiger partial charge in [-0.2, -0.15) is 0 Å². The topological polar surface area (TPSA) is 38.7 Å². The van der Waals surface area contributed by atoms with Crippen molar-refractivity contribution in [3.05, 3.63) is 23.3 Å². The Balaban J connectivity index is 2.98. The molecule has 0 aromatic carbocycles. The number of allylic oxidation sites excluding steroid dienone is 4. The van der Waals surface area contributed by atoms with Crippen LogP contribution in [0.5, 0.6) is 0 Å². The molecule has 1 aliphatic carbocycles. The van der Waals surface area contributed by atoms with Crippen molar-refractivity contribution in [3.63, 3.8) is 0 Å². The van der Waals surface area contributed by atoms with E-state index >= 15 is 0 Å². The van der Waals surface area contributed by atoms with Crippen LogP contribution in [0.3, 0.4) is 0 Å². The quantitative estimate of drug-likeness (QED) is 0.527. The number of ketones is 1. The van der Waals surface area contributed by atoms with Gasteiger partial charge in [0.1, 0.15) is 12.3 Å². The molecular formula is C12H17NO2. The molecule has 0 N–H and O–H groups in total. The van der Waals surface area contributed by atoms with Crippen molar-refractivity contribution in [1.29, 1.82) is 0 Å². The third-order valence-electron chi connectivity index (χ3n) is 2.24. The third-order valence-corrected chi connectivity index (χ3v) is 2.24. The predicted molar refractivity (Wildman–Crippen MR) is 60.7 cm³/mol. The molecule has 15 heavy (non-hydrogen) atoms. The van der Waals surface area contributed by atoms with Crippen LogP contribution in [0.25, 0.3) is 0 Å². The molecule has 0 bridgehead atoms. The zero-order valence-corrected chi connectivity index (χ0v) is 9.70. The Hall–Kier alpha value is -1.38. The maximum Gasteiger partial charge on any atom is 0.182 e. The molecule has 0 heterocycles. The molecule has 0 saturated heterocycles. The zero-order valence-electron chi connectivity index (χ0n) is 9.70. The smallest absolute Gasteiger partial charge is 0.182 e. The van der Waals surface area contributed by atoms with E-state index in [1.807, 2.05) is 33.8 Å². The molecule has 3 nitrogen and oxygen atoms in total. The van der Waals surface area contributed by atoms with Gasteiger partial charge in [-0.15, -0.1) is 0 Å². The highest BCUT2D eigenvalue weighted by molar-refractivity contribution is 6.21. The lowest BCUT2D eigenvalue weighted by molar-refractivity contribution is -0.111. The largest absolute Gasteiger partial charge is 0.396 e. The first kappa shape index (κ1) is 11.7. The van der Waals surface area contributed by atoms with Crippen LogP contribution in [0.2, 0.25) is 0 Å². The molecule has 3 heteroatoms. The predicted octanol–water partition coefficient (Wildman–Crippen LogP) is 2.49. The molecule has 0 aromatic rings. The maximum atomic E-state index is 11.6. The lowest BCUT2D eigenvalue weighted by Crippen LogP contribution is -2.15. The SMILES string of the molecule is CCON=C1C=C(C(C)C)C(=O)C=C1C. The highest BCUT2D eigenvalue weighted by Gasteiger charge is 2.18. The maximum absolute atomic E-state index is 11.6. The summed E-state index contributed by atoms with van der Waals surface area (Å²) < 4.78 is 0. The van der Waals surface area contributed by atoms with Crippen LogP contribution in [0, 0.1) is 5.92 Å². The Labute approximate surface area is 90.5 Å². The number of rotatable bonds is 3. The van der Waals surface area contributed by atoms with Gasteiger partial charge >= 0.3 is 0 Å². The summed E-state index contributed by atoms with van der Waals surface area (Å²) in [6.07, 6.45) is 3.44. The minimum atomic E-state index is 0.0814. The third kappa shape index (κ3) is 2.78. The van der Waals surface area contributed by atoms with E-state index in [1.165, 1.54) is 0 Å². The highest BCUT2D eigenvalue weighted by Crippen LogP contribution is 2.19. The van der Waals surface area contributed by atoms with Crippen LogP contribution in [-0.4, -0.2) is 18.1 Å². The molecule has 0 atom stereocenters. The molecule has 0 saturated carbocycles. The summed E-state index contributed by atoms with van der Waals surface area (Å²) in [4.78, 5) is 16.6. The average molecular weight is 207 g/mol. The van der Waals surface area contributed by atoms with Crippen molar-refractivity contribution >= 4 is 11.5 Å².